The molecule has 0 aliphatic rings. The van der Waals surface area contributed by atoms with Gasteiger partial charge in [-0.15, -0.1) is 0 Å². The minimum atomic E-state index is -0.211. The molecule has 0 bridgehead atoms. The van der Waals surface area contributed by atoms with Crippen LogP contribution in [-0.2, 0) is 0 Å². The Kier molecular flexibility index (Phi) is 4.72. The molecule has 7 heteroatoms. The van der Waals surface area contributed by atoms with Gasteiger partial charge in [-0.25, -0.2) is 9.50 Å². The summed E-state index contributed by atoms with van der Waals surface area (Å²) in [4.78, 5) is 17.5. The molecule has 7 nitrogen and oxygen atoms in total. The molecule has 29 heavy (non-hydrogen) atoms. The van der Waals surface area contributed by atoms with E-state index >= 15 is 0 Å². The molecular formula is C22H21N3O4. The maximum absolute atomic E-state index is 12.7. The van der Waals surface area contributed by atoms with E-state index in [1.165, 1.54) is 10.6 Å². The molecule has 2 aromatic carbocycles. The second kappa shape index (κ2) is 7.35. The maximum Gasteiger partial charge on any atom is 0.273 e. The van der Waals surface area contributed by atoms with Crippen molar-refractivity contribution in [3.05, 3.63) is 64.6 Å². The monoisotopic (exact) mass is 391 g/mol. The predicted molar refractivity (Wildman–Crippen MR) is 111 cm³/mol. The van der Waals surface area contributed by atoms with E-state index in [0.717, 1.165) is 16.7 Å². The normalized spacial score (nSPS) is 10.9. The molecule has 0 amide bonds. The minimum Gasteiger partial charge on any atom is -0.493 e. The molecule has 0 fully saturated rings. The summed E-state index contributed by atoms with van der Waals surface area (Å²) in [6.07, 6.45) is 1.79. The third kappa shape index (κ3) is 3.20. The van der Waals surface area contributed by atoms with Crippen LogP contribution < -0.4 is 19.8 Å². The highest BCUT2D eigenvalue weighted by Crippen LogP contribution is 2.40. The number of hydrogen-bond acceptors (Lipinski definition) is 5. The molecule has 1 N–H and O–H groups in total. The molecule has 0 saturated heterocycles. The summed E-state index contributed by atoms with van der Waals surface area (Å²) in [6, 6.07) is 13.1. The Morgan fingerprint density at radius 1 is 0.897 bits per heavy atom. The van der Waals surface area contributed by atoms with Crippen LogP contribution in [-0.4, -0.2) is 35.9 Å². The number of H-pyrrole nitrogens is 1. The van der Waals surface area contributed by atoms with Gasteiger partial charge in [0.25, 0.3) is 5.56 Å². The predicted octanol–water partition coefficient (Wildman–Crippen LogP) is 3.69. The number of aryl methyl sites for hydroxylation is 1. The molecule has 0 atom stereocenters. The van der Waals surface area contributed by atoms with Gasteiger partial charge in [0.1, 0.15) is 0 Å². The Balaban J connectivity index is 1.93. The van der Waals surface area contributed by atoms with Gasteiger partial charge < -0.3 is 14.2 Å². The first-order valence-corrected chi connectivity index (χ1v) is 9.04. The third-order valence-corrected chi connectivity index (χ3v) is 4.82. The average Bonchev–Trinajstić information content (AvgIpc) is 3.17. The molecule has 148 valence electrons. The average molecular weight is 391 g/mol. The fourth-order valence-electron chi connectivity index (χ4n) is 3.30. The van der Waals surface area contributed by atoms with Crippen molar-refractivity contribution < 1.29 is 14.2 Å². The zero-order chi connectivity index (χ0) is 20.5. The molecule has 4 aromatic rings. The van der Waals surface area contributed by atoms with E-state index in [-0.39, 0.29) is 5.56 Å². The van der Waals surface area contributed by atoms with Crippen molar-refractivity contribution in [3.8, 4) is 39.6 Å². The van der Waals surface area contributed by atoms with E-state index in [9.17, 15) is 4.79 Å². The number of ether oxygens (including phenoxy) is 3. The largest absolute Gasteiger partial charge is 0.493 e. The van der Waals surface area contributed by atoms with Crippen molar-refractivity contribution in [1.82, 2.24) is 14.6 Å². The van der Waals surface area contributed by atoms with Crippen LogP contribution in [0.2, 0.25) is 0 Å². The smallest absolute Gasteiger partial charge is 0.273 e. The van der Waals surface area contributed by atoms with Crippen molar-refractivity contribution >= 4 is 5.65 Å². The molecule has 0 aliphatic heterocycles. The van der Waals surface area contributed by atoms with Gasteiger partial charge in [-0.05, 0) is 24.6 Å². The Morgan fingerprint density at radius 2 is 1.55 bits per heavy atom. The van der Waals surface area contributed by atoms with Gasteiger partial charge in [0, 0.05) is 23.4 Å². The lowest BCUT2D eigenvalue weighted by Crippen LogP contribution is -2.14. The molecule has 0 aliphatic carbocycles. The lowest BCUT2D eigenvalue weighted by Gasteiger charge is -2.14. The van der Waals surface area contributed by atoms with E-state index in [0.29, 0.717) is 34.2 Å². The number of nitrogens with one attached hydrogen (secondary N) is 1. The zero-order valence-corrected chi connectivity index (χ0v) is 16.6. The van der Waals surface area contributed by atoms with Gasteiger partial charge in [-0.3, -0.25) is 9.89 Å². The lowest BCUT2D eigenvalue weighted by atomic mass is 10.1. The standard InChI is InChI=1S/C22H21N3O4/c1-13-5-7-14(8-6-13)16-12-23-25-20(26)11-17(24-22(16)25)15-9-18(27-2)21(29-4)19(10-15)28-3/h5-12,23H,1-4H3. The van der Waals surface area contributed by atoms with Crippen molar-refractivity contribution in [3.63, 3.8) is 0 Å². The Morgan fingerprint density at radius 3 is 2.14 bits per heavy atom. The van der Waals surface area contributed by atoms with Crippen LogP contribution in [0.5, 0.6) is 17.2 Å². The van der Waals surface area contributed by atoms with Crippen LogP contribution in [0, 0.1) is 6.92 Å². The van der Waals surface area contributed by atoms with Crippen molar-refractivity contribution in [2.45, 2.75) is 6.92 Å². The summed E-state index contributed by atoms with van der Waals surface area (Å²) in [7, 11) is 4.65. The Labute approximate surface area is 167 Å². The summed E-state index contributed by atoms with van der Waals surface area (Å²) >= 11 is 0. The number of benzene rings is 2. The van der Waals surface area contributed by atoms with E-state index in [4.69, 9.17) is 19.2 Å². The molecule has 4 rings (SSSR count). The van der Waals surface area contributed by atoms with Crippen LogP contribution in [0.25, 0.3) is 28.0 Å². The summed E-state index contributed by atoms with van der Waals surface area (Å²) < 4.78 is 17.7. The second-order valence-electron chi connectivity index (χ2n) is 6.61. The van der Waals surface area contributed by atoms with Gasteiger partial charge in [0.15, 0.2) is 17.1 Å². The van der Waals surface area contributed by atoms with Gasteiger partial charge >= 0.3 is 0 Å². The Hall–Kier alpha value is -3.74. The minimum absolute atomic E-state index is 0.211. The summed E-state index contributed by atoms with van der Waals surface area (Å²) in [5.74, 6) is 1.48. The highest BCUT2D eigenvalue weighted by Gasteiger charge is 2.17. The third-order valence-electron chi connectivity index (χ3n) is 4.82. The number of methoxy groups -OCH3 is 3. The quantitative estimate of drug-likeness (QED) is 0.561. The van der Waals surface area contributed by atoms with Gasteiger partial charge in [-0.1, -0.05) is 29.8 Å². The van der Waals surface area contributed by atoms with Gasteiger partial charge in [0.2, 0.25) is 5.75 Å². The number of aromatic amines is 1. The Bertz CT molecular complexity index is 1210. The first-order valence-electron chi connectivity index (χ1n) is 9.04. The zero-order valence-electron chi connectivity index (χ0n) is 16.6. The molecule has 2 heterocycles. The van der Waals surface area contributed by atoms with E-state index in [1.807, 2.05) is 31.2 Å². The van der Waals surface area contributed by atoms with E-state index < -0.39 is 0 Å². The van der Waals surface area contributed by atoms with E-state index in [2.05, 4.69) is 5.10 Å². The summed E-state index contributed by atoms with van der Waals surface area (Å²) in [5.41, 5.74) is 4.52. The number of hydrogen-bond donors (Lipinski definition) is 1. The van der Waals surface area contributed by atoms with E-state index in [1.54, 1.807) is 39.7 Å². The lowest BCUT2D eigenvalue weighted by molar-refractivity contribution is 0.324. The number of nitrogens with zero attached hydrogens (tertiary/aromatic N) is 2. The molecule has 2 aromatic heterocycles. The van der Waals surface area contributed by atoms with Crippen molar-refractivity contribution in [2.24, 2.45) is 0 Å². The summed E-state index contributed by atoms with van der Waals surface area (Å²) in [6.45, 7) is 2.03. The van der Waals surface area contributed by atoms with Gasteiger partial charge in [-0.2, -0.15) is 0 Å². The van der Waals surface area contributed by atoms with Crippen LogP contribution in [0.4, 0.5) is 0 Å². The fraction of sp³-hybridized carbons (Fsp3) is 0.182. The molecule has 0 spiro atoms. The van der Waals surface area contributed by atoms with Gasteiger partial charge in [0.05, 0.1) is 27.0 Å². The molecule has 0 unspecified atom stereocenters. The van der Waals surface area contributed by atoms with Crippen LogP contribution in [0.1, 0.15) is 5.56 Å². The molecular weight excluding hydrogens is 370 g/mol. The number of fused-ring (bicyclic) bond motifs is 1. The van der Waals surface area contributed by atoms with Crippen LogP contribution in [0.3, 0.4) is 0 Å². The first kappa shape index (κ1) is 18.6. The SMILES string of the molecule is COc1cc(-c2cc(=O)n3[nH]cc(-c4ccc(C)cc4)c3n2)cc(OC)c1OC. The highest BCUT2D eigenvalue weighted by molar-refractivity contribution is 5.79. The van der Waals surface area contributed by atoms with Crippen LogP contribution in [0.15, 0.2) is 53.5 Å². The number of aromatic nitrogens is 3. The molecule has 0 radical (unpaired) electrons. The fourth-order valence-corrected chi connectivity index (χ4v) is 3.30. The first-order chi connectivity index (χ1) is 14.0. The number of rotatable bonds is 5. The maximum atomic E-state index is 12.7. The second-order valence-corrected chi connectivity index (χ2v) is 6.61. The van der Waals surface area contributed by atoms with Crippen LogP contribution >= 0.6 is 0 Å². The topological polar surface area (TPSA) is 77.9 Å². The summed E-state index contributed by atoms with van der Waals surface area (Å²) in [5, 5.41) is 2.98. The molecule has 0 saturated carbocycles. The van der Waals surface area contributed by atoms with Crippen molar-refractivity contribution in [1.29, 1.82) is 0 Å². The highest BCUT2D eigenvalue weighted by atomic mass is 16.5. The van der Waals surface area contributed by atoms with Crippen molar-refractivity contribution in [2.75, 3.05) is 21.3 Å².